The van der Waals surface area contributed by atoms with Gasteiger partial charge in [-0.25, -0.2) is 10.5 Å². The molecule has 0 aliphatic rings. The van der Waals surface area contributed by atoms with Crippen LogP contribution >= 0.6 is 22.9 Å². The second-order valence-electron chi connectivity index (χ2n) is 4.75. The van der Waals surface area contributed by atoms with Gasteiger partial charge in [0.05, 0.1) is 6.61 Å². The van der Waals surface area contributed by atoms with Crippen LogP contribution in [0.3, 0.4) is 0 Å². The number of nitrogens with one attached hydrogen (secondary N) is 1. The molecule has 0 fully saturated rings. The van der Waals surface area contributed by atoms with E-state index in [4.69, 9.17) is 16.4 Å². The van der Waals surface area contributed by atoms with Crippen molar-refractivity contribution in [2.24, 2.45) is 0 Å². The Morgan fingerprint density at radius 1 is 1.13 bits per heavy atom. The number of carbonyl (C=O) groups is 1. The minimum atomic E-state index is -0.364. The van der Waals surface area contributed by atoms with Gasteiger partial charge in [0, 0.05) is 16.0 Å². The van der Waals surface area contributed by atoms with Crippen molar-refractivity contribution in [1.82, 2.24) is 10.5 Å². The monoisotopic (exact) mass is 344 g/mol. The molecule has 116 valence electrons. The third-order valence-electron chi connectivity index (χ3n) is 3.07. The average Bonchev–Trinajstić information content (AvgIpc) is 3.06. The van der Waals surface area contributed by atoms with Crippen LogP contribution in [-0.2, 0) is 11.4 Å². The number of thiazole rings is 1. The largest absolute Gasteiger partial charge is 0.294 e. The summed E-state index contributed by atoms with van der Waals surface area (Å²) in [6.45, 7) is 0.306. The molecule has 23 heavy (non-hydrogen) atoms. The molecule has 0 bridgehead atoms. The molecule has 3 aromatic rings. The summed E-state index contributed by atoms with van der Waals surface area (Å²) in [7, 11) is 0. The van der Waals surface area contributed by atoms with Gasteiger partial charge in [-0.05, 0) is 17.7 Å². The summed E-state index contributed by atoms with van der Waals surface area (Å²) in [4.78, 5) is 21.6. The topological polar surface area (TPSA) is 51.2 Å². The number of hydroxylamine groups is 1. The fraction of sp³-hybridized carbons (Fsp3) is 0.0588. The van der Waals surface area contributed by atoms with E-state index in [1.165, 1.54) is 11.3 Å². The number of rotatable bonds is 5. The number of nitrogens with zero attached hydrogens (tertiary/aromatic N) is 1. The number of hydrogen-bond acceptors (Lipinski definition) is 4. The first-order valence-electron chi connectivity index (χ1n) is 6.90. The predicted octanol–water partition coefficient (Wildman–Crippen LogP) is 4.33. The van der Waals surface area contributed by atoms with Gasteiger partial charge in [-0.3, -0.25) is 9.63 Å². The summed E-state index contributed by atoms with van der Waals surface area (Å²) >= 11 is 7.26. The molecule has 1 aromatic heterocycles. The number of halogens is 1. The van der Waals surface area contributed by atoms with Gasteiger partial charge in [-0.15, -0.1) is 11.3 Å². The first-order valence-corrected chi connectivity index (χ1v) is 8.15. The van der Waals surface area contributed by atoms with Crippen molar-refractivity contribution >= 4 is 28.8 Å². The number of hydrogen-bond donors (Lipinski definition) is 1. The van der Waals surface area contributed by atoms with E-state index in [9.17, 15) is 4.79 Å². The summed E-state index contributed by atoms with van der Waals surface area (Å²) in [6, 6.07) is 16.9. The highest BCUT2D eigenvalue weighted by atomic mass is 35.5. The molecule has 0 atom stereocenters. The van der Waals surface area contributed by atoms with Crippen LogP contribution in [0.4, 0.5) is 0 Å². The van der Waals surface area contributed by atoms with Crippen LogP contribution < -0.4 is 5.48 Å². The molecule has 2 aromatic carbocycles. The van der Waals surface area contributed by atoms with Crippen molar-refractivity contribution in [3.63, 3.8) is 0 Å². The Balaban J connectivity index is 1.59. The van der Waals surface area contributed by atoms with E-state index >= 15 is 0 Å². The van der Waals surface area contributed by atoms with Gasteiger partial charge in [0.25, 0.3) is 5.91 Å². The summed E-state index contributed by atoms with van der Waals surface area (Å²) in [5.74, 6) is -0.364. The molecule has 1 N–H and O–H groups in total. The predicted molar refractivity (Wildman–Crippen MR) is 91.3 cm³/mol. The molecule has 0 aliphatic carbocycles. The fourth-order valence-corrected chi connectivity index (χ4v) is 2.85. The van der Waals surface area contributed by atoms with Crippen molar-refractivity contribution in [1.29, 1.82) is 0 Å². The summed E-state index contributed by atoms with van der Waals surface area (Å²) in [5, 5.41) is 3.12. The van der Waals surface area contributed by atoms with Crippen LogP contribution in [0, 0.1) is 0 Å². The lowest BCUT2D eigenvalue weighted by Crippen LogP contribution is -2.23. The van der Waals surface area contributed by atoms with E-state index in [0.717, 1.165) is 16.1 Å². The van der Waals surface area contributed by atoms with Crippen molar-refractivity contribution in [3.05, 3.63) is 76.3 Å². The Labute approximate surface area is 142 Å². The standard InChI is InChI=1S/C17H13ClN2O2S/c18-14-8-6-13(7-9-14)17-19-15(11-23-17)16(21)20-22-10-12-4-2-1-3-5-12/h1-9,11H,10H2,(H,20,21). The maximum absolute atomic E-state index is 12.0. The molecule has 6 heteroatoms. The molecular weight excluding hydrogens is 332 g/mol. The third kappa shape index (κ3) is 4.16. The first kappa shape index (κ1) is 15.7. The summed E-state index contributed by atoms with van der Waals surface area (Å²) in [6.07, 6.45) is 0. The van der Waals surface area contributed by atoms with E-state index in [1.54, 1.807) is 17.5 Å². The lowest BCUT2D eigenvalue weighted by Gasteiger charge is -2.04. The highest BCUT2D eigenvalue weighted by Gasteiger charge is 2.12. The molecular formula is C17H13ClN2O2S. The van der Waals surface area contributed by atoms with Gasteiger partial charge >= 0.3 is 0 Å². The minimum absolute atomic E-state index is 0.306. The maximum atomic E-state index is 12.0. The Hall–Kier alpha value is -2.21. The minimum Gasteiger partial charge on any atom is -0.269 e. The van der Waals surface area contributed by atoms with E-state index in [2.05, 4.69) is 10.5 Å². The second kappa shape index (κ2) is 7.37. The fourth-order valence-electron chi connectivity index (χ4n) is 1.91. The Morgan fingerprint density at radius 2 is 1.87 bits per heavy atom. The van der Waals surface area contributed by atoms with Gasteiger partial charge in [-0.2, -0.15) is 0 Å². The molecule has 4 nitrogen and oxygen atoms in total. The molecule has 3 rings (SSSR count). The number of carbonyl (C=O) groups excluding carboxylic acids is 1. The number of benzene rings is 2. The zero-order chi connectivity index (χ0) is 16.1. The van der Waals surface area contributed by atoms with Crippen LogP contribution in [0.15, 0.2) is 60.0 Å². The normalized spacial score (nSPS) is 10.5. The molecule has 0 saturated heterocycles. The summed E-state index contributed by atoms with van der Waals surface area (Å²) in [5.41, 5.74) is 4.63. The van der Waals surface area contributed by atoms with Crippen molar-refractivity contribution < 1.29 is 9.63 Å². The molecule has 0 aliphatic heterocycles. The van der Waals surface area contributed by atoms with E-state index in [0.29, 0.717) is 17.3 Å². The van der Waals surface area contributed by atoms with Crippen molar-refractivity contribution in [3.8, 4) is 10.6 Å². The molecule has 0 unspecified atom stereocenters. The van der Waals surface area contributed by atoms with E-state index < -0.39 is 0 Å². The highest BCUT2D eigenvalue weighted by molar-refractivity contribution is 7.13. The number of aromatic nitrogens is 1. The maximum Gasteiger partial charge on any atom is 0.294 e. The van der Waals surface area contributed by atoms with Crippen molar-refractivity contribution in [2.45, 2.75) is 6.61 Å². The Kier molecular flexibility index (Phi) is 5.02. The van der Waals surface area contributed by atoms with Gasteiger partial charge in [0.1, 0.15) is 10.7 Å². The second-order valence-corrected chi connectivity index (χ2v) is 6.04. The van der Waals surface area contributed by atoms with Crippen molar-refractivity contribution in [2.75, 3.05) is 0 Å². The first-order chi connectivity index (χ1) is 11.2. The zero-order valence-electron chi connectivity index (χ0n) is 12.0. The van der Waals surface area contributed by atoms with Crippen LogP contribution in [0.5, 0.6) is 0 Å². The smallest absolute Gasteiger partial charge is 0.269 e. The molecule has 0 spiro atoms. The summed E-state index contributed by atoms with van der Waals surface area (Å²) < 4.78 is 0. The molecule has 1 amide bonds. The molecule has 0 radical (unpaired) electrons. The van der Waals surface area contributed by atoms with Crippen LogP contribution in [0.1, 0.15) is 16.1 Å². The molecule has 0 saturated carbocycles. The Bertz CT molecular complexity index is 788. The SMILES string of the molecule is O=C(NOCc1ccccc1)c1csc(-c2ccc(Cl)cc2)n1. The third-order valence-corrected chi connectivity index (χ3v) is 4.22. The van der Waals surface area contributed by atoms with Crippen LogP contribution in [0.25, 0.3) is 10.6 Å². The van der Waals surface area contributed by atoms with E-state index in [-0.39, 0.29) is 5.91 Å². The number of amides is 1. The van der Waals surface area contributed by atoms with Crippen LogP contribution in [0.2, 0.25) is 5.02 Å². The van der Waals surface area contributed by atoms with E-state index in [1.807, 2.05) is 42.5 Å². The van der Waals surface area contributed by atoms with Gasteiger partial charge < -0.3 is 0 Å². The lowest BCUT2D eigenvalue weighted by atomic mass is 10.2. The zero-order valence-corrected chi connectivity index (χ0v) is 13.6. The molecule has 1 heterocycles. The van der Waals surface area contributed by atoms with Gasteiger partial charge in [0.15, 0.2) is 0 Å². The lowest BCUT2D eigenvalue weighted by molar-refractivity contribution is 0.0230. The Morgan fingerprint density at radius 3 is 2.61 bits per heavy atom. The van der Waals surface area contributed by atoms with Gasteiger partial charge in [0.2, 0.25) is 0 Å². The van der Waals surface area contributed by atoms with Crippen LogP contribution in [-0.4, -0.2) is 10.9 Å². The highest BCUT2D eigenvalue weighted by Crippen LogP contribution is 2.25. The average molecular weight is 345 g/mol. The quantitative estimate of drug-likeness (QED) is 0.701. The van der Waals surface area contributed by atoms with Gasteiger partial charge in [-0.1, -0.05) is 54.1 Å².